The molecule has 0 heterocycles. The normalized spacial score (nSPS) is 9.85. The van der Waals surface area contributed by atoms with Gasteiger partial charge in [-0.25, -0.2) is 0 Å². The average molecular weight is 180 g/mol. The standard InChI is InChI=1S/C10H16N2O/c1-7-5-10(13-3)8(2)4-9(7)12-6-11/h4-5,12H,6,11H2,1-3H3. The Labute approximate surface area is 78.9 Å². The van der Waals surface area contributed by atoms with Gasteiger partial charge in [-0.3, -0.25) is 0 Å². The van der Waals surface area contributed by atoms with Crippen LogP contribution < -0.4 is 15.8 Å². The highest BCUT2D eigenvalue weighted by Gasteiger charge is 2.02. The number of nitrogens with two attached hydrogens (primary N) is 1. The molecular formula is C10H16N2O. The van der Waals surface area contributed by atoms with Gasteiger partial charge in [0.05, 0.1) is 13.8 Å². The van der Waals surface area contributed by atoms with Crippen LogP contribution in [0.4, 0.5) is 5.69 Å². The molecule has 0 spiro atoms. The van der Waals surface area contributed by atoms with Crippen molar-refractivity contribution >= 4 is 5.69 Å². The van der Waals surface area contributed by atoms with Gasteiger partial charge in [0.15, 0.2) is 0 Å². The summed E-state index contributed by atoms with van der Waals surface area (Å²) in [6, 6.07) is 4.05. The van der Waals surface area contributed by atoms with E-state index in [0.29, 0.717) is 6.67 Å². The van der Waals surface area contributed by atoms with Crippen LogP contribution in [0.25, 0.3) is 0 Å². The Hall–Kier alpha value is -1.22. The van der Waals surface area contributed by atoms with Crippen molar-refractivity contribution in [3.8, 4) is 5.75 Å². The Kier molecular flexibility index (Phi) is 3.14. The summed E-state index contributed by atoms with van der Waals surface area (Å²) >= 11 is 0. The lowest BCUT2D eigenvalue weighted by atomic mass is 10.1. The highest BCUT2D eigenvalue weighted by atomic mass is 16.5. The van der Waals surface area contributed by atoms with E-state index in [0.717, 1.165) is 22.6 Å². The summed E-state index contributed by atoms with van der Waals surface area (Å²) in [7, 11) is 1.68. The fourth-order valence-corrected chi connectivity index (χ4v) is 1.31. The van der Waals surface area contributed by atoms with Gasteiger partial charge < -0.3 is 15.8 Å². The third kappa shape index (κ3) is 2.12. The second-order valence-electron chi connectivity index (χ2n) is 3.02. The number of nitrogens with one attached hydrogen (secondary N) is 1. The number of ether oxygens (including phenoxy) is 1. The highest BCUT2D eigenvalue weighted by Crippen LogP contribution is 2.25. The molecule has 0 aromatic heterocycles. The summed E-state index contributed by atoms with van der Waals surface area (Å²) in [5, 5.41) is 3.09. The van der Waals surface area contributed by atoms with E-state index >= 15 is 0 Å². The minimum absolute atomic E-state index is 0.451. The summed E-state index contributed by atoms with van der Waals surface area (Å²) in [6.45, 7) is 4.49. The molecule has 1 aromatic rings. The molecule has 0 atom stereocenters. The van der Waals surface area contributed by atoms with Gasteiger partial charge in [0.1, 0.15) is 5.75 Å². The van der Waals surface area contributed by atoms with Gasteiger partial charge in [-0.05, 0) is 37.1 Å². The molecule has 0 amide bonds. The van der Waals surface area contributed by atoms with E-state index in [1.807, 2.05) is 26.0 Å². The maximum absolute atomic E-state index is 5.41. The molecular weight excluding hydrogens is 164 g/mol. The number of hydrogen-bond acceptors (Lipinski definition) is 3. The summed E-state index contributed by atoms with van der Waals surface area (Å²) in [6.07, 6.45) is 0. The van der Waals surface area contributed by atoms with E-state index in [1.54, 1.807) is 7.11 Å². The summed E-state index contributed by atoms with van der Waals surface area (Å²) in [4.78, 5) is 0. The van der Waals surface area contributed by atoms with Crippen LogP contribution in [0.15, 0.2) is 12.1 Å². The highest BCUT2D eigenvalue weighted by molar-refractivity contribution is 5.56. The Morgan fingerprint density at radius 3 is 2.54 bits per heavy atom. The molecule has 0 saturated carbocycles. The molecule has 0 aliphatic rings. The van der Waals surface area contributed by atoms with E-state index in [1.165, 1.54) is 0 Å². The molecule has 0 radical (unpaired) electrons. The number of benzene rings is 1. The van der Waals surface area contributed by atoms with E-state index in [2.05, 4.69) is 5.32 Å². The number of anilines is 1. The van der Waals surface area contributed by atoms with Gasteiger partial charge in [-0.15, -0.1) is 0 Å². The van der Waals surface area contributed by atoms with Crippen LogP contribution in [-0.4, -0.2) is 13.8 Å². The maximum atomic E-state index is 5.41. The van der Waals surface area contributed by atoms with Gasteiger partial charge in [0.2, 0.25) is 0 Å². The zero-order chi connectivity index (χ0) is 9.84. The van der Waals surface area contributed by atoms with Crippen molar-refractivity contribution in [1.29, 1.82) is 0 Å². The van der Waals surface area contributed by atoms with Crippen LogP contribution in [0.1, 0.15) is 11.1 Å². The molecule has 3 heteroatoms. The Morgan fingerprint density at radius 2 is 2.00 bits per heavy atom. The molecule has 3 nitrogen and oxygen atoms in total. The second kappa shape index (κ2) is 4.14. The van der Waals surface area contributed by atoms with Gasteiger partial charge >= 0.3 is 0 Å². The summed E-state index contributed by atoms with van der Waals surface area (Å²) < 4.78 is 5.20. The SMILES string of the molecule is COc1cc(C)c(NCN)cc1C. The Bertz CT molecular complexity index is 297. The van der Waals surface area contributed by atoms with Gasteiger partial charge in [-0.1, -0.05) is 0 Å². The first kappa shape index (κ1) is 9.86. The monoisotopic (exact) mass is 180 g/mol. The van der Waals surface area contributed by atoms with Gasteiger partial charge in [-0.2, -0.15) is 0 Å². The predicted molar refractivity (Wildman–Crippen MR) is 55.1 cm³/mol. The summed E-state index contributed by atoms with van der Waals surface area (Å²) in [5.74, 6) is 0.917. The molecule has 1 rings (SSSR count). The van der Waals surface area contributed by atoms with Crippen LogP contribution in [0, 0.1) is 13.8 Å². The Morgan fingerprint density at radius 1 is 1.31 bits per heavy atom. The van der Waals surface area contributed by atoms with Crippen molar-refractivity contribution in [2.24, 2.45) is 5.73 Å². The van der Waals surface area contributed by atoms with Crippen molar-refractivity contribution in [3.05, 3.63) is 23.3 Å². The second-order valence-corrected chi connectivity index (χ2v) is 3.02. The number of rotatable bonds is 3. The maximum Gasteiger partial charge on any atom is 0.122 e. The third-order valence-electron chi connectivity index (χ3n) is 2.03. The lowest BCUT2D eigenvalue weighted by molar-refractivity contribution is 0.411. The molecule has 1 aromatic carbocycles. The minimum Gasteiger partial charge on any atom is -0.496 e. The first-order valence-electron chi connectivity index (χ1n) is 4.28. The molecule has 0 aliphatic carbocycles. The van der Waals surface area contributed by atoms with E-state index in [4.69, 9.17) is 10.5 Å². The van der Waals surface area contributed by atoms with E-state index < -0.39 is 0 Å². The molecule has 3 N–H and O–H groups in total. The van der Waals surface area contributed by atoms with Crippen LogP contribution in [0.3, 0.4) is 0 Å². The topological polar surface area (TPSA) is 47.3 Å². The van der Waals surface area contributed by atoms with E-state index in [9.17, 15) is 0 Å². The van der Waals surface area contributed by atoms with Gasteiger partial charge in [0.25, 0.3) is 0 Å². The quantitative estimate of drug-likeness (QED) is 0.695. The molecule has 0 bridgehead atoms. The third-order valence-corrected chi connectivity index (χ3v) is 2.03. The Balaban J connectivity index is 3.05. The average Bonchev–Trinajstić information content (AvgIpc) is 2.11. The van der Waals surface area contributed by atoms with Crippen LogP contribution >= 0.6 is 0 Å². The van der Waals surface area contributed by atoms with Gasteiger partial charge in [0, 0.05) is 5.69 Å². The van der Waals surface area contributed by atoms with Crippen LogP contribution in [0.5, 0.6) is 5.75 Å². The molecule has 0 saturated heterocycles. The van der Waals surface area contributed by atoms with Crippen molar-refractivity contribution in [1.82, 2.24) is 0 Å². The zero-order valence-electron chi connectivity index (χ0n) is 8.35. The van der Waals surface area contributed by atoms with Crippen LogP contribution in [0.2, 0.25) is 0 Å². The lowest BCUT2D eigenvalue weighted by Crippen LogP contribution is -2.11. The first-order valence-corrected chi connectivity index (χ1v) is 4.28. The van der Waals surface area contributed by atoms with Crippen molar-refractivity contribution in [3.63, 3.8) is 0 Å². The number of hydrogen-bond donors (Lipinski definition) is 2. The molecule has 72 valence electrons. The molecule has 13 heavy (non-hydrogen) atoms. The molecule has 0 aliphatic heterocycles. The molecule has 0 unspecified atom stereocenters. The summed E-state index contributed by atoms with van der Waals surface area (Å²) in [5.41, 5.74) is 8.74. The van der Waals surface area contributed by atoms with Crippen molar-refractivity contribution in [2.45, 2.75) is 13.8 Å². The molecule has 0 fully saturated rings. The zero-order valence-corrected chi connectivity index (χ0v) is 8.35. The van der Waals surface area contributed by atoms with E-state index in [-0.39, 0.29) is 0 Å². The smallest absolute Gasteiger partial charge is 0.122 e. The van der Waals surface area contributed by atoms with Crippen LogP contribution in [-0.2, 0) is 0 Å². The lowest BCUT2D eigenvalue weighted by Gasteiger charge is -2.11. The largest absolute Gasteiger partial charge is 0.496 e. The first-order chi connectivity index (χ1) is 6.19. The fourth-order valence-electron chi connectivity index (χ4n) is 1.31. The fraction of sp³-hybridized carbons (Fsp3) is 0.400. The number of aryl methyl sites for hydroxylation is 2. The van der Waals surface area contributed by atoms with Crippen molar-refractivity contribution in [2.75, 3.05) is 19.1 Å². The number of methoxy groups -OCH3 is 1. The van der Waals surface area contributed by atoms with Crippen molar-refractivity contribution < 1.29 is 4.74 Å². The minimum atomic E-state index is 0.451. The predicted octanol–water partition coefficient (Wildman–Crippen LogP) is 1.64.